The minimum atomic E-state index is -0.439. The molecule has 0 aliphatic heterocycles. The zero-order chi connectivity index (χ0) is 13.5. The van der Waals surface area contributed by atoms with Gasteiger partial charge in [-0.25, -0.2) is 4.79 Å². The lowest BCUT2D eigenvalue weighted by Gasteiger charge is -2.14. The van der Waals surface area contributed by atoms with Gasteiger partial charge in [0.1, 0.15) is 11.5 Å². The molecular weight excluding hydrogens is 232 g/mol. The molecule has 1 aromatic carbocycles. The van der Waals surface area contributed by atoms with E-state index in [1.165, 1.54) is 0 Å². The number of ether oxygens (including phenoxy) is 3. The molecule has 98 valence electrons. The Balaban J connectivity index is 2.57. The first-order valence-electron chi connectivity index (χ1n) is 5.79. The van der Waals surface area contributed by atoms with Crippen molar-refractivity contribution in [2.45, 2.75) is 27.1 Å². The minimum absolute atomic E-state index is 0.307. The zero-order valence-electron chi connectivity index (χ0n) is 10.9. The molecule has 0 spiro atoms. The van der Waals surface area contributed by atoms with E-state index >= 15 is 0 Å². The number of hydrogen-bond acceptors (Lipinski definition) is 4. The predicted octanol–water partition coefficient (Wildman–Crippen LogP) is 2.93. The smallest absolute Gasteiger partial charge is 0.338 e. The molecule has 0 aliphatic rings. The van der Waals surface area contributed by atoms with Crippen LogP contribution in [0, 0.1) is 0 Å². The molecule has 1 unspecified atom stereocenters. The lowest BCUT2D eigenvalue weighted by Crippen LogP contribution is -2.15. The van der Waals surface area contributed by atoms with Crippen molar-refractivity contribution < 1.29 is 19.0 Å². The predicted molar refractivity (Wildman–Crippen MR) is 68.6 cm³/mol. The van der Waals surface area contributed by atoms with Crippen LogP contribution in [0.2, 0.25) is 0 Å². The first kappa shape index (κ1) is 14.3. The van der Waals surface area contributed by atoms with Crippen LogP contribution in [-0.4, -0.2) is 18.9 Å². The van der Waals surface area contributed by atoms with Crippen molar-refractivity contribution in [1.82, 2.24) is 0 Å². The van der Waals surface area contributed by atoms with Crippen LogP contribution in [-0.2, 0) is 9.53 Å². The van der Waals surface area contributed by atoms with Crippen molar-refractivity contribution in [2.75, 3.05) is 6.61 Å². The fourth-order valence-electron chi connectivity index (χ4n) is 1.24. The van der Waals surface area contributed by atoms with Crippen LogP contribution in [0.3, 0.4) is 0 Å². The van der Waals surface area contributed by atoms with E-state index in [-0.39, 0.29) is 6.29 Å². The van der Waals surface area contributed by atoms with E-state index in [0.29, 0.717) is 23.7 Å². The van der Waals surface area contributed by atoms with E-state index in [0.717, 1.165) is 0 Å². The summed E-state index contributed by atoms with van der Waals surface area (Å²) in [6.45, 7) is 9.43. The number of benzene rings is 1. The van der Waals surface area contributed by atoms with Gasteiger partial charge >= 0.3 is 5.97 Å². The highest BCUT2D eigenvalue weighted by Crippen LogP contribution is 2.19. The van der Waals surface area contributed by atoms with Crippen molar-refractivity contribution in [3.63, 3.8) is 0 Å². The fourth-order valence-corrected chi connectivity index (χ4v) is 1.24. The Morgan fingerprint density at radius 2 is 1.83 bits per heavy atom. The lowest BCUT2D eigenvalue weighted by atomic mass is 10.3. The summed E-state index contributed by atoms with van der Waals surface area (Å²) in [7, 11) is 0. The summed E-state index contributed by atoms with van der Waals surface area (Å²) in [6.07, 6.45) is -0.307. The molecule has 0 radical (unpaired) electrons. The molecule has 0 heterocycles. The summed E-state index contributed by atoms with van der Waals surface area (Å²) < 4.78 is 15.8. The summed E-state index contributed by atoms with van der Waals surface area (Å²) >= 11 is 0. The van der Waals surface area contributed by atoms with E-state index in [2.05, 4.69) is 6.58 Å². The third-order valence-electron chi connectivity index (χ3n) is 2.09. The Labute approximate surface area is 107 Å². The van der Waals surface area contributed by atoms with Gasteiger partial charge < -0.3 is 14.2 Å². The second kappa shape index (κ2) is 6.81. The van der Waals surface area contributed by atoms with Gasteiger partial charge in [-0.05, 0) is 45.0 Å². The van der Waals surface area contributed by atoms with Gasteiger partial charge in [0.05, 0.1) is 0 Å². The van der Waals surface area contributed by atoms with E-state index in [4.69, 9.17) is 14.2 Å². The molecule has 1 atom stereocenters. The van der Waals surface area contributed by atoms with Crippen molar-refractivity contribution in [3.05, 3.63) is 36.4 Å². The Morgan fingerprint density at radius 3 is 2.33 bits per heavy atom. The SMILES string of the molecule is C=C(C)C(=O)Oc1ccc(OC(C)OCC)cc1. The third-order valence-corrected chi connectivity index (χ3v) is 2.09. The van der Waals surface area contributed by atoms with Crippen molar-refractivity contribution in [1.29, 1.82) is 0 Å². The molecule has 0 saturated carbocycles. The molecule has 0 saturated heterocycles. The van der Waals surface area contributed by atoms with Crippen LogP contribution in [0.15, 0.2) is 36.4 Å². The van der Waals surface area contributed by atoms with Crippen LogP contribution in [0.5, 0.6) is 11.5 Å². The number of carbonyl (C=O) groups is 1. The van der Waals surface area contributed by atoms with Gasteiger partial charge in [-0.15, -0.1) is 0 Å². The van der Waals surface area contributed by atoms with Gasteiger partial charge in [0.25, 0.3) is 0 Å². The van der Waals surface area contributed by atoms with E-state index in [1.54, 1.807) is 31.2 Å². The van der Waals surface area contributed by atoms with Crippen molar-refractivity contribution in [3.8, 4) is 11.5 Å². The van der Waals surface area contributed by atoms with Crippen LogP contribution in [0.4, 0.5) is 0 Å². The van der Waals surface area contributed by atoms with Crippen LogP contribution in [0.25, 0.3) is 0 Å². The van der Waals surface area contributed by atoms with Gasteiger partial charge in [0.2, 0.25) is 0 Å². The monoisotopic (exact) mass is 250 g/mol. The molecule has 18 heavy (non-hydrogen) atoms. The van der Waals surface area contributed by atoms with E-state index in [1.807, 2.05) is 13.8 Å². The summed E-state index contributed by atoms with van der Waals surface area (Å²) in [4.78, 5) is 11.3. The molecule has 0 bridgehead atoms. The number of carbonyl (C=O) groups excluding carboxylic acids is 1. The number of hydrogen-bond donors (Lipinski definition) is 0. The summed E-state index contributed by atoms with van der Waals surface area (Å²) in [6, 6.07) is 6.76. The first-order valence-corrected chi connectivity index (χ1v) is 5.79. The highest BCUT2D eigenvalue weighted by molar-refractivity contribution is 5.88. The Kier molecular flexibility index (Phi) is 5.39. The Hall–Kier alpha value is -1.81. The highest BCUT2D eigenvalue weighted by atomic mass is 16.7. The Morgan fingerprint density at radius 1 is 1.28 bits per heavy atom. The molecule has 1 rings (SSSR count). The van der Waals surface area contributed by atoms with Gasteiger partial charge in [-0.2, -0.15) is 0 Å². The van der Waals surface area contributed by atoms with Crippen molar-refractivity contribution >= 4 is 5.97 Å². The molecule has 0 N–H and O–H groups in total. The van der Waals surface area contributed by atoms with E-state index in [9.17, 15) is 4.79 Å². The van der Waals surface area contributed by atoms with Gasteiger partial charge in [0, 0.05) is 12.2 Å². The largest absolute Gasteiger partial charge is 0.465 e. The van der Waals surface area contributed by atoms with Gasteiger partial charge in [-0.1, -0.05) is 6.58 Å². The topological polar surface area (TPSA) is 44.8 Å². The maximum absolute atomic E-state index is 11.3. The number of rotatable bonds is 6. The quantitative estimate of drug-likeness (QED) is 0.337. The lowest BCUT2D eigenvalue weighted by molar-refractivity contribution is -0.130. The Bertz CT molecular complexity index is 408. The second-order valence-electron chi connectivity index (χ2n) is 3.78. The summed E-state index contributed by atoms with van der Waals surface area (Å²) in [5.41, 5.74) is 0.361. The number of esters is 1. The molecular formula is C14H18O4. The fraction of sp³-hybridized carbons (Fsp3) is 0.357. The van der Waals surface area contributed by atoms with Gasteiger partial charge in [-0.3, -0.25) is 0 Å². The average Bonchev–Trinajstić information content (AvgIpc) is 2.31. The highest BCUT2D eigenvalue weighted by Gasteiger charge is 2.06. The first-order chi connectivity index (χ1) is 8.52. The molecule has 0 amide bonds. The third kappa shape index (κ3) is 4.59. The van der Waals surface area contributed by atoms with Gasteiger partial charge in [0.15, 0.2) is 6.29 Å². The molecule has 0 fully saturated rings. The van der Waals surface area contributed by atoms with Crippen LogP contribution >= 0.6 is 0 Å². The van der Waals surface area contributed by atoms with E-state index < -0.39 is 5.97 Å². The van der Waals surface area contributed by atoms with Crippen molar-refractivity contribution in [2.24, 2.45) is 0 Å². The minimum Gasteiger partial charge on any atom is -0.465 e. The maximum atomic E-state index is 11.3. The molecule has 0 aromatic heterocycles. The molecule has 1 aromatic rings. The molecule has 4 nitrogen and oxygen atoms in total. The maximum Gasteiger partial charge on any atom is 0.338 e. The zero-order valence-corrected chi connectivity index (χ0v) is 10.9. The average molecular weight is 250 g/mol. The second-order valence-corrected chi connectivity index (χ2v) is 3.78. The molecule has 4 heteroatoms. The standard InChI is InChI=1S/C14H18O4/c1-5-16-11(4)17-12-6-8-13(9-7-12)18-14(15)10(2)3/h6-9,11H,2,5H2,1,3-4H3. The normalized spacial score (nSPS) is 11.7. The summed E-state index contributed by atoms with van der Waals surface area (Å²) in [5.74, 6) is 0.678. The summed E-state index contributed by atoms with van der Waals surface area (Å²) in [5, 5.41) is 0. The molecule has 0 aliphatic carbocycles. The van der Waals surface area contributed by atoms with Crippen LogP contribution < -0.4 is 9.47 Å². The van der Waals surface area contributed by atoms with Crippen LogP contribution in [0.1, 0.15) is 20.8 Å².